The lowest BCUT2D eigenvalue weighted by Crippen LogP contribution is -2.62. The zero-order chi connectivity index (χ0) is 31.3. The Labute approximate surface area is 253 Å². The van der Waals surface area contributed by atoms with Crippen molar-refractivity contribution in [1.29, 1.82) is 0 Å². The summed E-state index contributed by atoms with van der Waals surface area (Å²) in [5, 5.41) is 33.0. The summed E-state index contributed by atoms with van der Waals surface area (Å²) in [5.41, 5.74) is 1.22. The second-order valence-electron chi connectivity index (χ2n) is 14.4. The van der Waals surface area contributed by atoms with Crippen LogP contribution in [0.2, 0.25) is 5.02 Å². The number of aliphatic hydroxyl groups is 1. The normalized spacial score (nSPS) is 18.0. The summed E-state index contributed by atoms with van der Waals surface area (Å²) in [5.74, 6) is -0.176. The summed E-state index contributed by atoms with van der Waals surface area (Å²) in [6, 6.07) is 9.03. The second kappa shape index (κ2) is 11.4. The molecule has 0 saturated carbocycles. The predicted octanol–water partition coefficient (Wildman–Crippen LogP) is 6.28. The van der Waals surface area contributed by atoms with Gasteiger partial charge in [0, 0.05) is 40.9 Å². The number of esters is 1. The third-order valence-corrected chi connectivity index (χ3v) is 7.77. The zero-order valence-corrected chi connectivity index (χ0v) is 27.0. The number of carbonyl (C=O) groups is 1. The number of ether oxygens (including phenoxy) is 1. The van der Waals surface area contributed by atoms with E-state index in [1.807, 2.05) is 38.0 Å². The Hall–Kier alpha value is -2.72. The average Bonchev–Trinajstić information content (AvgIpc) is 3.23. The van der Waals surface area contributed by atoms with Gasteiger partial charge >= 0.3 is 5.97 Å². The van der Waals surface area contributed by atoms with Gasteiger partial charge < -0.3 is 14.9 Å². The highest BCUT2D eigenvalue weighted by Crippen LogP contribution is 2.41. The van der Waals surface area contributed by atoms with Gasteiger partial charge in [-0.15, -0.1) is 15.0 Å². The molecule has 2 N–H and O–H groups in total. The summed E-state index contributed by atoms with van der Waals surface area (Å²) in [6.45, 7) is 17.9. The topological polar surface area (TPSA) is 110 Å². The largest absolute Gasteiger partial charge is 0.505 e. The number of hydrogen-bond acceptors (Lipinski definition) is 8. The highest BCUT2D eigenvalue weighted by molar-refractivity contribution is 6.31. The van der Waals surface area contributed by atoms with Crippen molar-refractivity contribution < 1.29 is 24.6 Å². The molecule has 0 aliphatic carbocycles. The van der Waals surface area contributed by atoms with Crippen molar-refractivity contribution >= 4 is 28.6 Å². The SMILES string of the molecule is CC(C)(O)CON1C(C)(C)CC(OC(=O)CCc2cc(-n3nc4ccc(Cl)cc4n3)c(O)c(C(C)(C)C)c2)CC1(C)C. The van der Waals surface area contributed by atoms with Gasteiger partial charge in [0.2, 0.25) is 0 Å². The molecule has 1 saturated heterocycles. The summed E-state index contributed by atoms with van der Waals surface area (Å²) in [6.07, 6.45) is 1.57. The molecule has 0 bridgehead atoms. The zero-order valence-electron chi connectivity index (χ0n) is 26.3. The molecule has 3 aromatic rings. The van der Waals surface area contributed by atoms with Crippen LogP contribution in [0.3, 0.4) is 0 Å². The number of aromatic hydroxyl groups is 1. The quantitative estimate of drug-likeness (QED) is 0.291. The summed E-state index contributed by atoms with van der Waals surface area (Å²) in [4.78, 5) is 20.6. The number of benzene rings is 2. The minimum atomic E-state index is -0.953. The summed E-state index contributed by atoms with van der Waals surface area (Å²) in [7, 11) is 0. The van der Waals surface area contributed by atoms with Crippen LogP contribution >= 0.6 is 11.6 Å². The highest BCUT2D eigenvalue weighted by atomic mass is 35.5. The van der Waals surface area contributed by atoms with Crippen molar-refractivity contribution in [3.8, 4) is 11.4 Å². The van der Waals surface area contributed by atoms with Crippen molar-refractivity contribution in [2.24, 2.45) is 0 Å². The monoisotopic (exact) mass is 600 g/mol. The number of halogens is 1. The van der Waals surface area contributed by atoms with Crippen LogP contribution in [0.15, 0.2) is 30.3 Å². The molecule has 2 aromatic carbocycles. The number of rotatable bonds is 8. The minimum absolute atomic E-state index is 0.100. The van der Waals surface area contributed by atoms with Crippen molar-refractivity contribution in [1.82, 2.24) is 20.1 Å². The van der Waals surface area contributed by atoms with Gasteiger partial charge in [0.1, 0.15) is 28.6 Å². The van der Waals surface area contributed by atoms with Gasteiger partial charge in [0.05, 0.1) is 12.2 Å². The number of piperidine rings is 1. The smallest absolute Gasteiger partial charge is 0.306 e. The van der Waals surface area contributed by atoms with Crippen molar-refractivity contribution in [3.05, 3.63) is 46.5 Å². The van der Waals surface area contributed by atoms with Crippen LogP contribution in [0.1, 0.15) is 92.7 Å². The average molecular weight is 601 g/mol. The fourth-order valence-corrected chi connectivity index (χ4v) is 6.03. The molecule has 1 aliphatic rings. The molecule has 1 aliphatic heterocycles. The molecule has 4 rings (SSSR count). The van der Waals surface area contributed by atoms with Crippen molar-refractivity contribution in [2.45, 2.75) is 116 Å². The third kappa shape index (κ3) is 7.43. The Morgan fingerprint density at radius 3 is 2.24 bits per heavy atom. The van der Waals surface area contributed by atoms with Crippen LogP contribution in [-0.2, 0) is 26.2 Å². The maximum absolute atomic E-state index is 13.1. The van der Waals surface area contributed by atoms with Gasteiger partial charge in [-0.3, -0.25) is 9.63 Å². The van der Waals surface area contributed by atoms with Gasteiger partial charge in [-0.1, -0.05) is 38.4 Å². The first kappa shape index (κ1) is 32.2. The van der Waals surface area contributed by atoms with Crippen LogP contribution < -0.4 is 0 Å². The van der Waals surface area contributed by atoms with E-state index in [1.54, 1.807) is 32.0 Å². The maximum atomic E-state index is 13.1. The molecule has 0 radical (unpaired) electrons. The lowest BCUT2D eigenvalue weighted by molar-refractivity contribution is -0.306. The first-order valence-corrected chi connectivity index (χ1v) is 14.9. The van der Waals surface area contributed by atoms with Crippen LogP contribution in [0, 0.1) is 0 Å². The van der Waals surface area contributed by atoms with Gasteiger partial charge in [0.15, 0.2) is 0 Å². The standard InChI is InChI=1S/C32H45ClN4O5/c1-29(2,3)23-14-20(15-26(28(23)39)36-34-24-12-11-21(33)16-25(24)35-36)10-13-27(38)42-22-17-30(4,5)37(31(6,7)18-22)41-19-32(8,9)40/h11-12,14-16,22,39-40H,10,13,17-19H2,1-9H3. The predicted molar refractivity (Wildman–Crippen MR) is 164 cm³/mol. The maximum Gasteiger partial charge on any atom is 0.306 e. The summed E-state index contributed by atoms with van der Waals surface area (Å²) >= 11 is 6.14. The van der Waals surface area contributed by atoms with E-state index in [0.717, 1.165) is 11.1 Å². The second-order valence-corrected chi connectivity index (χ2v) is 14.8. The van der Waals surface area contributed by atoms with Crippen LogP contribution in [-0.4, -0.2) is 65.6 Å². The number of aromatic nitrogens is 3. The number of carbonyl (C=O) groups excluding carboxylic acids is 1. The van der Waals surface area contributed by atoms with E-state index in [1.165, 1.54) is 4.80 Å². The lowest BCUT2D eigenvalue weighted by atomic mass is 9.80. The molecule has 1 fully saturated rings. The molecular formula is C32H45ClN4O5. The Morgan fingerprint density at radius 1 is 1.02 bits per heavy atom. The van der Waals surface area contributed by atoms with Crippen LogP contribution in [0.25, 0.3) is 16.7 Å². The van der Waals surface area contributed by atoms with E-state index in [-0.39, 0.29) is 36.3 Å². The van der Waals surface area contributed by atoms with Gasteiger partial charge in [-0.05, 0) is 83.2 Å². The molecule has 1 aromatic heterocycles. The van der Waals surface area contributed by atoms with E-state index in [4.69, 9.17) is 21.2 Å². The Bertz CT molecular complexity index is 1430. The van der Waals surface area contributed by atoms with Crippen molar-refractivity contribution in [2.75, 3.05) is 6.61 Å². The van der Waals surface area contributed by atoms with Gasteiger partial charge in [0.25, 0.3) is 0 Å². The van der Waals surface area contributed by atoms with Crippen LogP contribution in [0.4, 0.5) is 0 Å². The van der Waals surface area contributed by atoms with Gasteiger partial charge in [-0.25, -0.2) is 0 Å². The molecular weight excluding hydrogens is 556 g/mol. The van der Waals surface area contributed by atoms with Crippen molar-refractivity contribution in [3.63, 3.8) is 0 Å². The molecule has 42 heavy (non-hydrogen) atoms. The molecule has 9 nitrogen and oxygen atoms in total. The highest BCUT2D eigenvalue weighted by Gasteiger charge is 2.48. The molecule has 230 valence electrons. The number of nitrogens with zero attached hydrogens (tertiary/aromatic N) is 4. The first-order valence-electron chi connectivity index (χ1n) is 14.5. The molecule has 0 spiro atoms. The Morgan fingerprint density at radius 2 is 1.64 bits per heavy atom. The number of hydrogen-bond donors (Lipinski definition) is 2. The first-order chi connectivity index (χ1) is 19.2. The fraction of sp³-hybridized carbons (Fsp3) is 0.594. The lowest BCUT2D eigenvalue weighted by Gasteiger charge is -2.53. The number of phenols is 1. The number of phenolic OH excluding ortho intramolecular Hbond substituents is 1. The number of aryl methyl sites for hydroxylation is 1. The Kier molecular flexibility index (Phi) is 8.75. The van der Waals surface area contributed by atoms with E-state index in [0.29, 0.717) is 41.0 Å². The molecule has 2 heterocycles. The van der Waals surface area contributed by atoms with E-state index >= 15 is 0 Å². The molecule has 0 amide bonds. The van der Waals surface area contributed by atoms with Gasteiger partial charge in [-0.2, -0.15) is 5.06 Å². The van der Waals surface area contributed by atoms with E-state index < -0.39 is 16.7 Å². The minimum Gasteiger partial charge on any atom is -0.505 e. The molecule has 0 atom stereocenters. The van der Waals surface area contributed by atoms with E-state index in [9.17, 15) is 15.0 Å². The third-order valence-electron chi connectivity index (χ3n) is 7.53. The van der Waals surface area contributed by atoms with Crippen LogP contribution in [0.5, 0.6) is 5.75 Å². The fourth-order valence-electron chi connectivity index (χ4n) is 5.86. The Balaban J connectivity index is 1.50. The molecule has 0 unspecified atom stereocenters. The molecule has 10 heteroatoms. The summed E-state index contributed by atoms with van der Waals surface area (Å²) < 4.78 is 6.00. The van der Waals surface area contributed by atoms with E-state index in [2.05, 4.69) is 37.9 Å². The number of hydroxylamine groups is 2. The number of fused-ring (bicyclic) bond motifs is 1.